The summed E-state index contributed by atoms with van der Waals surface area (Å²) in [5.74, 6) is 0.0298. The SMILES string of the molecule is O=C(c1ccc2ncccc2c1)c1cc(Br)c(Br)s1. The Morgan fingerprint density at radius 2 is 2.00 bits per heavy atom. The minimum Gasteiger partial charge on any atom is -0.288 e. The highest BCUT2D eigenvalue weighted by atomic mass is 79.9. The van der Waals surface area contributed by atoms with E-state index in [4.69, 9.17) is 0 Å². The minimum absolute atomic E-state index is 0.0298. The molecule has 2 heterocycles. The van der Waals surface area contributed by atoms with Gasteiger partial charge in [-0.15, -0.1) is 11.3 Å². The van der Waals surface area contributed by atoms with Gasteiger partial charge in [-0.2, -0.15) is 0 Å². The van der Waals surface area contributed by atoms with Gasteiger partial charge in [-0.1, -0.05) is 6.07 Å². The molecule has 0 aliphatic heterocycles. The summed E-state index contributed by atoms with van der Waals surface area (Å²) >= 11 is 8.23. The number of benzene rings is 1. The van der Waals surface area contributed by atoms with E-state index in [-0.39, 0.29) is 5.78 Å². The van der Waals surface area contributed by atoms with E-state index < -0.39 is 0 Å². The Hall–Kier alpha value is -1.04. The van der Waals surface area contributed by atoms with Crippen LogP contribution in [0.5, 0.6) is 0 Å². The summed E-state index contributed by atoms with van der Waals surface area (Å²) in [6.45, 7) is 0. The average molecular weight is 397 g/mol. The number of hydrogen-bond acceptors (Lipinski definition) is 3. The van der Waals surface area contributed by atoms with Crippen molar-refractivity contribution in [2.75, 3.05) is 0 Å². The maximum absolute atomic E-state index is 12.4. The van der Waals surface area contributed by atoms with Crippen LogP contribution < -0.4 is 0 Å². The Morgan fingerprint density at radius 1 is 1.16 bits per heavy atom. The lowest BCUT2D eigenvalue weighted by molar-refractivity contribution is 0.104. The van der Waals surface area contributed by atoms with Gasteiger partial charge in [0.1, 0.15) is 0 Å². The molecule has 1 aromatic carbocycles. The topological polar surface area (TPSA) is 30.0 Å². The molecule has 0 aliphatic carbocycles. The van der Waals surface area contributed by atoms with Crippen molar-refractivity contribution in [3.05, 3.63) is 61.3 Å². The van der Waals surface area contributed by atoms with Gasteiger partial charge in [0.2, 0.25) is 5.78 Å². The molecule has 0 spiro atoms. The van der Waals surface area contributed by atoms with Crippen LogP contribution in [0.4, 0.5) is 0 Å². The van der Waals surface area contributed by atoms with E-state index in [1.54, 1.807) is 6.20 Å². The molecule has 3 aromatic rings. The number of rotatable bonds is 2. The summed E-state index contributed by atoms with van der Waals surface area (Å²) in [5, 5.41) is 0.975. The fourth-order valence-corrected chi connectivity index (χ4v) is 3.82. The Morgan fingerprint density at radius 3 is 2.74 bits per heavy atom. The van der Waals surface area contributed by atoms with Crippen LogP contribution in [0.2, 0.25) is 0 Å². The fraction of sp³-hybridized carbons (Fsp3) is 0. The number of fused-ring (bicyclic) bond motifs is 1. The number of halogens is 2. The van der Waals surface area contributed by atoms with E-state index in [9.17, 15) is 4.79 Å². The molecule has 0 saturated carbocycles. The van der Waals surface area contributed by atoms with Crippen LogP contribution in [0.1, 0.15) is 15.2 Å². The predicted molar refractivity (Wildman–Crippen MR) is 84.9 cm³/mol. The van der Waals surface area contributed by atoms with E-state index in [0.29, 0.717) is 10.4 Å². The molecular formula is C14H7Br2NOS. The van der Waals surface area contributed by atoms with Gasteiger partial charge in [0.25, 0.3) is 0 Å². The zero-order valence-corrected chi connectivity index (χ0v) is 13.5. The Kier molecular flexibility index (Phi) is 3.52. The second-order valence-corrected chi connectivity index (χ2v) is 7.20. The molecule has 0 bridgehead atoms. The number of pyridine rings is 1. The molecule has 0 amide bonds. The molecule has 0 radical (unpaired) electrons. The van der Waals surface area contributed by atoms with Crippen LogP contribution in [0, 0.1) is 0 Å². The predicted octanol–water partition coefficient (Wildman–Crippen LogP) is 5.05. The molecule has 0 N–H and O–H groups in total. The first-order valence-corrected chi connectivity index (χ1v) is 7.90. The molecule has 5 heteroatoms. The summed E-state index contributed by atoms with van der Waals surface area (Å²) < 4.78 is 1.83. The van der Waals surface area contributed by atoms with Gasteiger partial charge in [0, 0.05) is 21.6 Å². The van der Waals surface area contributed by atoms with Gasteiger partial charge in [0.05, 0.1) is 14.2 Å². The number of aromatic nitrogens is 1. The molecule has 0 unspecified atom stereocenters. The number of carbonyl (C=O) groups is 1. The second kappa shape index (κ2) is 5.15. The van der Waals surface area contributed by atoms with E-state index in [1.165, 1.54) is 11.3 Å². The molecule has 0 saturated heterocycles. The van der Waals surface area contributed by atoms with E-state index >= 15 is 0 Å². The first-order valence-electron chi connectivity index (χ1n) is 5.49. The van der Waals surface area contributed by atoms with Crippen molar-refractivity contribution < 1.29 is 4.79 Å². The van der Waals surface area contributed by atoms with Gasteiger partial charge in [-0.3, -0.25) is 9.78 Å². The van der Waals surface area contributed by atoms with E-state index in [1.807, 2.05) is 36.4 Å². The monoisotopic (exact) mass is 395 g/mol. The lowest BCUT2D eigenvalue weighted by Crippen LogP contribution is -1.98. The smallest absolute Gasteiger partial charge is 0.203 e. The molecule has 94 valence electrons. The first-order chi connectivity index (χ1) is 9.15. The summed E-state index contributed by atoms with van der Waals surface area (Å²) in [7, 11) is 0. The maximum Gasteiger partial charge on any atom is 0.203 e. The quantitative estimate of drug-likeness (QED) is 0.567. The lowest BCUT2D eigenvalue weighted by Gasteiger charge is -2.00. The number of ketones is 1. The fourth-order valence-electron chi connectivity index (χ4n) is 1.82. The molecule has 3 rings (SSSR count). The average Bonchev–Trinajstić information content (AvgIpc) is 2.77. The summed E-state index contributed by atoms with van der Waals surface area (Å²) in [4.78, 5) is 17.4. The molecule has 0 aliphatic rings. The summed E-state index contributed by atoms with van der Waals surface area (Å²) in [6.07, 6.45) is 1.75. The minimum atomic E-state index is 0.0298. The molecular weight excluding hydrogens is 390 g/mol. The zero-order chi connectivity index (χ0) is 13.4. The van der Waals surface area contributed by atoms with E-state index in [0.717, 1.165) is 19.2 Å². The van der Waals surface area contributed by atoms with Crippen LogP contribution in [-0.4, -0.2) is 10.8 Å². The summed E-state index contributed by atoms with van der Waals surface area (Å²) in [6, 6.07) is 11.2. The maximum atomic E-state index is 12.4. The Bertz CT molecular complexity index is 762. The highest BCUT2D eigenvalue weighted by molar-refractivity contribution is 9.13. The van der Waals surface area contributed by atoms with E-state index in [2.05, 4.69) is 36.8 Å². The van der Waals surface area contributed by atoms with Gasteiger partial charge < -0.3 is 0 Å². The number of nitrogens with zero attached hydrogens (tertiary/aromatic N) is 1. The standard InChI is InChI=1S/C14H7Br2NOS/c15-10-7-12(19-14(10)16)13(18)9-3-4-11-8(6-9)2-1-5-17-11/h1-7H. The van der Waals surface area contributed by atoms with Crippen molar-refractivity contribution >= 4 is 59.9 Å². The van der Waals surface area contributed by atoms with Gasteiger partial charge in [-0.25, -0.2) is 0 Å². The number of carbonyl (C=O) groups excluding carboxylic acids is 1. The van der Waals surface area contributed by atoms with Gasteiger partial charge in [-0.05, 0) is 62.2 Å². The zero-order valence-electron chi connectivity index (χ0n) is 9.56. The molecule has 2 nitrogen and oxygen atoms in total. The highest BCUT2D eigenvalue weighted by Gasteiger charge is 2.14. The van der Waals surface area contributed by atoms with Crippen molar-refractivity contribution in [1.29, 1.82) is 0 Å². The second-order valence-electron chi connectivity index (χ2n) is 3.97. The van der Waals surface area contributed by atoms with Crippen LogP contribution in [0.15, 0.2) is 50.9 Å². The van der Waals surface area contributed by atoms with Crippen molar-refractivity contribution in [2.24, 2.45) is 0 Å². The molecule has 0 atom stereocenters. The molecule has 2 aromatic heterocycles. The lowest BCUT2D eigenvalue weighted by atomic mass is 10.1. The van der Waals surface area contributed by atoms with Gasteiger partial charge in [0.15, 0.2) is 0 Å². The first kappa shape index (κ1) is 13.0. The van der Waals surface area contributed by atoms with Crippen molar-refractivity contribution in [3.8, 4) is 0 Å². The van der Waals surface area contributed by atoms with Crippen LogP contribution >= 0.6 is 43.2 Å². The van der Waals surface area contributed by atoms with Crippen molar-refractivity contribution in [2.45, 2.75) is 0 Å². The molecule has 0 fully saturated rings. The van der Waals surface area contributed by atoms with Crippen LogP contribution in [0.3, 0.4) is 0 Å². The number of thiophene rings is 1. The highest BCUT2D eigenvalue weighted by Crippen LogP contribution is 2.33. The Balaban J connectivity index is 2.06. The van der Waals surface area contributed by atoms with Crippen LogP contribution in [-0.2, 0) is 0 Å². The van der Waals surface area contributed by atoms with Crippen LogP contribution in [0.25, 0.3) is 10.9 Å². The van der Waals surface area contributed by atoms with Crippen molar-refractivity contribution in [1.82, 2.24) is 4.98 Å². The van der Waals surface area contributed by atoms with Gasteiger partial charge >= 0.3 is 0 Å². The largest absolute Gasteiger partial charge is 0.288 e. The third-order valence-electron chi connectivity index (χ3n) is 2.73. The third kappa shape index (κ3) is 2.50. The number of hydrogen-bond donors (Lipinski definition) is 0. The molecule has 19 heavy (non-hydrogen) atoms. The summed E-state index contributed by atoms with van der Waals surface area (Å²) in [5.41, 5.74) is 1.58. The van der Waals surface area contributed by atoms with Crippen molar-refractivity contribution in [3.63, 3.8) is 0 Å². The third-order valence-corrected chi connectivity index (χ3v) is 5.99. The normalized spacial score (nSPS) is 10.8. The Labute approximate surface area is 130 Å².